The Balaban J connectivity index is 1.70. The molecule has 2 aromatic rings. The molecule has 0 aliphatic carbocycles. The van der Waals surface area contributed by atoms with E-state index < -0.39 is 6.10 Å². The second-order valence-corrected chi connectivity index (χ2v) is 4.96. The number of hydrogen-bond acceptors (Lipinski definition) is 4. The first-order valence-corrected chi connectivity index (χ1v) is 6.55. The predicted octanol–water partition coefficient (Wildman–Crippen LogP) is 2.10. The standard InChI is InChI=1S/C15H15NO4/c1-16(15(18)13-6-7-14(17)20-13)9-11-8-10-4-2-3-5-12(10)19-11/h2-5,8,13H,6-7,9H2,1H3. The molecule has 1 aromatic carbocycles. The van der Waals surface area contributed by atoms with Gasteiger partial charge in [0, 0.05) is 25.3 Å². The highest BCUT2D eigenvalue weighted by atomic mass is 16.6. The van der Waals surface area contributed by atoms with Crippen molar-refractivity contribution in [3.63, 3.8) is 0 Å². The lowest BCUT2D eigenvalue weighted by molar-refractivity contribution is -0.152. The predicted molar refractivity (Wildman–Crippen MR) is 71.8 cm³/mol. The summed E-state index contributed by atoms with van der Waals surface area (Å²) in [6.07, 6.45) is 0.133. The van der Waals surface area contributed by atoms with Crippen LogP contribution in [0.5, 0.6) is 0 Å². The maximum atomic E-state index is 12.1. The molecule has 0 radical (unpaired) electrons. The molecule has 3 rings (SSSR count). The fraction of sp³-hybridized carbons (Fsp3) is 0.333. The molecule has 1 aliphatic rings. The molecule has 0 spiro atoms. The average molecular weight is 273 g/mol. The number of benzene rings is 1. The molecule has 1 atom stereocenters. The lowest BCUT2D eigenvalue weighted by Crippen LogP contribution is -2.35. The van der Waals surface area contributed by atoms with Crippen LogP contribution in [0.1, 0.15) is 18.6 Å². The third-order valence-electron chi connectivity index (χ3n) is 3.41. The van der Waals surface area contributed by atoms with Gasteiger partial charge in [0.1, 0.15) is 11.3 Å². The molecule has 104 valence electrons. The van der Waals surface area contributed by atoms with Crippen LogP contribution in [0.25, 0.3) is 11.0 Å². The summed E-state index contributed by atoms with van der Waals surface area (Å²) in [5.41, 5.74) is 0.802. The number of likely N-dealkylation sites (N-methyl/N-ethyl adjacent to an activating group) is 1. The third kappa shape index (κ3) is 2.39. The number of furan rings is 1. The molecule has 20 heavy (non-hydrogen) atoms. The van der Waals surface area contributed by atoms with Crippen molar-refractivity contribution >= 4 is 22.8 Å². The fourth-order valence-corrected chi connectivity index (χ4v) is 2.37. The van der Waals surface area contributed by atoms with E-state index in [4.69, 9.17) is 9.15 Å². The van der Waals surface area contributed by atoms with E-state index in [-0.39, 0.29) is 11.9 Å². The van der Waals surface area contributed by atoms with E-state index in [1.807, 2.05) is 30.3 Å². The summed E-state index contributed by atoms with van der Waals surface area (Å²) in [6.45, 7) is 0.363. The first-order chi connectivity index (χ1) is 9.63. The lowest BCUT2D eigenvalue weighted by atomic mass is 10.2. The van der Waals surface area contributed by atoms with Gasteiger partial charge in [-0.05, 0) is 12.1 Å². The number of rotatable bonds is 3. The molecule has 0 N–H and O–H groups in total. The molecule has 1 fully saturated rings. The lowest BCUT2D eigenvalue weighted by Gasteiger charge is -2.18. The molecular weight excluding hydrogens is 258 g/mol. The Morgan fingerprint density at radius 1 is 1.40 bits per heavy atom. The van der Waals surface area contributed by atoms with Gasteiger partial charge in [-0.1, -0.05) is 18.2 Å². The van der Waals surface area contributed by atoms with Crippen molar-refractivity contribution in [3.05, 3.63) is 36.1 Å². The molecule has 5 heteroatoms. The maximum absolute atomic E-state index is 12.1. The summed E-state index contributed by atoms with van der Waals surface area (Å²) < 4.78 is 10.7. The van der Waals surface area contributed by atoms with Gasteiger partial charge < -0.3 is 14.1 Å². The highest BCUT2D eigenvalue weighted by Gasteiger charge is 2.32. The molecule has 1 aromatic heterocycles. The van der Waals surface area contributed by atoms with E-state index in [0.29, 0.717) is 25.1 Å². The zero-order chi connectivity index (χ0) is 14.1. The SMILES string of the molecule is CN(Cc1cc2ccccc2o1)C(=O)C1CCC(=O)O1. The molecule has 1 aliphatic heterocycles. The second-order valence-electron chi connectivity index (χ2n) is 4.96. The van der Waals surface area contributed by atoms with Crippen LogP contribution in [0.4, 0.5) is 0 Å². The Hall–Kier alpha value is -2.30. The molecule has 1 amide bonds. The number of amides is 1. The maximum Gasteiger partial charge on any atom is 0.306 e. The van der Waals surface area contributed by atoms with Gasteiger partial charge in [-0.2, -0.15) is 0 Å². The van der Waals surface area contributed by atoms with Crippen LogP contribution in [0, 0.1) is 0 Å². The molecular formula is C15H15NO4. The smallest absolute Gasteiger partial charge is 0.306 e. The van der Waals surface area contributed by atoms with Crippen LogP contribution in [-0.2, 0) is 20.9 Å². The summed E-state index contributed by atoms with van der Waals surface area (Å²) in [4.78, 5) is 24.7. The van der Waals surface area contributed by atoms with Crippen LogP contribution in [0.15, 0.2) is 34.7 Å². The normalized spacial score (nSPS) is 18.2. The summed E-state index contributed by atoms with van der Waals surface area (Å²) in [7, 11) is 1.68. The molecule has 5 nitrogen and oxygen atoms in total. The molecule has 2 heterocycles. The molecule has 0 bridgehead atoms. The van der Waals surface area contributed by atoms with Crippen LogP contribution >= 0.6 is 0 Å². The Bertz CT molecular complexity index is 628. The van der Waals surface area contributed by atoms with Crippen molar-refractivity contribution in [3.8, 4) is 0 Å². The van der Waals surface area contributed by atoms with Gasteiger partial charge in [-0.15, -0.1) is 0 Å². The first-order valence-electron chi connectivity index (χ1n) is 6.55. The number of para-hydroxylation sites is 1. The minimum absolute atomic E-state index is 0.184. The van der Waals surface area contributed by atoms with Crippen molar-refractivity contribution in [2.45, 2.75) is 25.5 Å². The first kappa shape index (κ1) is 12.7. The van der Waals surface area contributed by atoms with Gasteiger partial charge in [-0.3, -0.25) is 9.59 Å². The van der Waals surface area contributed by atoms with Gasteiger partial charge in [0.25, 0.3) is 5.91 Å². The van der Waals surface area contributed by atoms with Crippen molar-refractivity contribution in [1.82, 2.24) is 4.90 Å². The second kappa shape index (κ2) is 5.00. The minimum Gasteiger partial charge on any atom is -0.459 e. The van der Waals surface area contributed by atoms with Crippen LogP contribution < -0.4 is 0 Å². The van der Waals surface area contributed by atoms with E-state index in [2.05, 4.69) is 0 Å². The zero-order valence-corrected chi connectivity index (χ0v) is 11.2. The third-order valence-corrected chi connectivity index (χ3v) is 3.41. The van der Waals surface area contributed by atoms with E-state index in [1.165, 1.54) is 4.90 Å². The number of nitrogens with zero attached hydrogens (tertiary/aromatic N) is 1. The number of esters is 1. The monoisotopic (exact) mass is 273 g/mol. The van der Waals surface area contributed by atoms with Crippen LogP contribution in [-0.4, -0.2) is 29.9 Å². The average Bonchev–Trinajstić information content (AvgIpc) is 3.03. The fourth-order valence-electron chi connectivity index (χ4n) is 2.37. The van der Waals surface area contributed by atoms with Gasteiger partial charge in [0.2, 0.25) is 0 Å². The van der Waals surface area contributed by atoms with Gasteiger partial charge in [0.05, 0.1) is 6.54 Å². The van der Waals surface area contributed by atoms with Crippen molar-refractivity contribution < 1.29 is 18.7 Å². The number of ether oxygens (including phenoxy) is 1. The highest BCUT2D eigenvalue weighted by Crippen LogP contribution is 2.21. The van der Waals surface area contributed by atoms with E-state index in [0.717, 1.165) is 11.0 Å². The summed E-state index contributed by atoms with van der Waals surface area (Å²) >= 11 is 0. The Morgan fingerprint density at radius 3 is 2.90 bits per heavy atom. The zero-order valence-electron chi connectivity index (χ0n) is 11.2. The van der Waals surface area contributed by atoms with Gasteiger partial charge in [-0.25, -0.2) is 0 Å². The highest BCUT2D eigenvalue weighted by molar-refractivity contribution is 5.86. The summed E-state index contributed by atoms with van der Waals surface area (Å²) in [5, 5.41) is 1.01. The Kier molecular flexibility index (Phi) is 3.18. The topological polar surface area (TPSA) is 59.8 Å². The van der Waals surface area contributed by atoms with Crippen molar-refractivity contribution in [1.29, 1.82) is 0 Å². The molecule has 1 saturated heterocycles. The number of carbonyl (C=O) groups excluding carboxylic acids is 2. The largest absolute Gasteiger partial charge is 0.459 e. The van der Waals surface area contributed by atoms with E-state index in [1.54, 1.807) is 7.05 Å². The van der Waals surface area contributed by atoms with Crippen molar-refractivity contribution in [2.24, 2.45) is 0 Å². The number of fused-ring (bicyclic) bond motifs is 1. The molecule has 1 unspecified atom stereocenters. The quantitative estimate of drug-likeness (QED) is 0.803. The van der Waals surface area contributed by atoms with E-state index in [9.17, 15) is 9.59 Å². The van der Waals surface area contributed by atoms with E-state index >= 15 is 0 Å². The van der Waals surface area contributed by atoms with Crippen LogP contribution in [0.3, 0.4) is 0 Å². The Labute approximate surface area is 116 Å². The summed E-state index contributed by atoms with van der Waals surface area (Å²) in [6, 6.07) is 9.61. The van der Waals surface area contributed by atoms with Gasteiger partial charge >= 0.3 is 5.97 Å². The summed E-state index contributed by atoms with van der Waals surface area (Å²) in [5.74, 6) is 0.225. The van der Waals surface area contributed by atoms with Crippen LogP contribution in [0.2, 0.25) is 0 Å². The van der Waals surface area contributed by atoms with Gasteiger partial charge in [0.15, 0.2) is 6.10 Å². The number of hydrogen-bond donors (Lipinski definition) is 0. The number of cyclic esters (lactones) is 1. The minimum atomic E-state index is -0.642. The number of carbonyl (C=O) groups is 2. The Morgan fingerprint density at radius 2 is 2.20 bits per heavy atom. The molecule has 0 saturated carbocycles. The van der Waals surface area contributed by atoms with Crippen molar-refractivity contribution in [2.75, 3.05) is 7.05 Å².